The molecule has 0 bridgehead atoms. The Balaban J connectivity index is 2.78. The fourth-order valence-electron chi connectivity index (χ4n) is 0.918. The summed E-state index contributed by atoms with van der Waals surface area (Å²) in [6, 6.07) is 4.45. The number of rotatable bonds is 2. The summed E-state index contributed by atoms with van der Waals surface area (Å²) in [5.41, 5.74) is 0.795. The maximum absolute atomic E-state index is 12.2. The van der Waals surface area contributed by atoms with Gasteiger partial charge in [-0.15, -0.1) is 0 Å². The first-order valence-electron chi connectivity index (χ1n) is 4.30. The van der Waals surface area contributed by atoms with Gasteiger partial charge in [-0.25, -0.2) is 0 Å². The van der Waals surface area contributed by atoms with Gasteiger partial charge in [0.15, 0.2) is 6.10 Å². The number of halogens is 4. The predicted molar refractivity (Wildman–Crippen MR) is 52.3 cm³/mol. The summed E-state index contributed by atoms with van der Waals surface area (Å²) in [6.07, 6.45) is -6.20. The highest BCUT2D eigenvalue weighted by atomic mass is 35.5. The normalized spacial score (nSPS) is 13.7. The summed E-state index contributed by atoms with van der Waals surface area (Å²) in [7, 11) is 0. The zero-order valence-corrected chi connectivity index (χ0v) is 8.99. The molecular formula is C10H10ClF3O. The molecule has 1 aromatic rings. The van der Waals surface area contributed by atoms with E-state index in [2.05, 4.69) is 0 Å². The summed E-state index contributed by atoms with van der Waals surface area (Å²) in [5, 5.41) is 0.391. The Morgan fingerprint density at radius 2 is 1.93 bits per heavy atom. The number of hydrogen-bond donors (Lipinski definition) is 0. The Labute approximate surface area is 90.8 Å². The first-order chi connectivity index (χ1) is 6.80. The van der Waals surface area contributed by atoms with E-state index in [1.807, 2.05) is 0 Å². The molecule has 0 aliphatic rings. The Hall–Kier alpha value is -0.900. The summed E-state index contributed by atoms with van der Waals surface area (Å²) in [4.78, 5) is 0. The van der Waals surface area contributed by atoms with Crippen molar-refractivity contribution in [2.75, 3.05) is 0 Å². The van der Waals surface area contributed by atoms with Crippen LogP contribution < -0.4 is 4.74 Å². The van der Waals surface area contributed by atoms with Crippen LogP contribution in [-0.4, -0.2) is 12.3 Å². The van der Waals surface area contributed by atoms with Crippen LogP contribution in [0.2, 0.25) is 5.02 Å². The molecule has 0 radical (unpaired) electrons. The van der Waals surface area contributed by atoms with Crippen LogP contribution in [0.4, 0.5) is 13.2 Å². The molecule has 0 aromatic heterocycles. The number of benzene rings is 1. The van der Waals surface area contributed by atoms with Crippen LogP contribution in [0.3, 0.4) is 0 Å². The SMILES string of the molecule is Cc1ccc(O[C@@H](C)C(F)(F)F)cc1Cl. The maximum Gasteiger partial charge on any atom is 0.425 e. The van der Waals surface area contributed by atoms with Crippen LogP contribution in [0, 0.1) is 6.92 Å². The molecule has 1 atom stereocenters. The van der Waals surface area contributed by atoms with E-state index in [4.69, 9.17) is 16.3 Å². The van der Waals surface area contributed by atoms with Crippen LogP contribution in [0.15, 0.2) is 18.2 Å². The second kappa shape index (κ2) is 4.31. The molecule has 1 rings (SSSR count). The molecule has 0 heterocycles. The quantitative estimate of drug-likeness (QED) is 0.757. The monoisotopic (exact) mass is 238 g/mol. The smallest absolute Gasteiger partial charge is 0.425 e. The molecule has 0 aliphatic heterocycles. The van der Waals surface area contributed by atoms with Crippen molar-refractivity contribution in [3.63, 3.8) is 0 Å². The third-order valence-corrected chi connectivity index (χ3v) is 2.32. The molecule has 84 valence electrons. The number of aryl methyl sites for hydroxylation is 1. The van der Waals surface area contributed by atoms with Crippen LogP contribution in [0.25, 0.3) is 0 Å². The lowest BCUT2D eigenvalue weighted by Gasteiger charge is -2.17. The van der Waals surface area contributed by atoms with Gasteiger partial charge < -0.3 is 4.74 Å². The van der Waals surface area contributed by atoms with Gasteiger partial charge in [-0.3, -0.25) is 0 Å². The Bertz CT molecular complexity index is 349. The highest BCUT2D eigenvalue weighted by Gasteiger charge is 2.38. The third kappa shape index (κ3) is 3.30. The van der Waals surface area contributed by atoms with E-state index in [-0.39, 0.29) is 5.75 Å². The van der Waals surface area contributed by atoms with Gasteiger partial charge in [-0.2, -0.15) is 13.2 Å². The fourth-order valence-corrected chi connectivity index (χ4v) is 1.09. The molecule has 0 saturated carbocycles. The van der Waals surface area contributed by atoms with Gasteiger partial charge in [0.1, 0.15) is 5.75 Å². The van der Waals surface area contributed by atoms with Gasteiger partial charge in [0, 0.05) is 5.02 Å². The first kappa shape index (κ1) is 12.2. The minimum atomic E-state index is -4.36. The largest absolute Gasteiger partial charge is 0.481 e. The highest BCUT2D eigenvalue weighted by molar-refractivity contribution is 6.31. The molecule has 0 saturated heterocycles. The van der Waals surface area contributed by atoms with Crippen molar-refractivity contribution in [2.45, 2.75) is 26.1 Å². The molecule has 15 heavy (non-hydrogen) atoms. The van der Waals surface area contributed by atoms with E-state index in [9.17, 15) is 13.2 Å². The molecule has 5 heteroatoms. The van der Waals surface area contributed by atoms with Gasteiger partial charge in [0.25, 0.3) is 0 Å². The molecule has 0 aliphatic carbocycles. The average Bonchev–Trinajstić information content (AvgIpc) is 2.10. The second-order valence-corrected chi connectivity index (χ2v) is 3.62. The first-order valence-corrected chi connectivity index (χ1v) is 4.68. The molecule has 0 unspecified atom stereocenters. The number of ether oxygens (including phenoxy) is 1. The molecule has 0 fully saturated rings. The van der Waals surface area contributed by atoms with Crippen molar-refractivity contribution < 1.29 is 17.9 Å². The Morgan fingerprint density at radius 1 is 1.33 bits per heavy atom. The fraction of sp³-hybridized carbons (Fsp3) is 0.400. The van der Waals surface area contributed by atoms with E-state index in [0.717, 1.165) is 12.5 Å². The Morgan fingerprint density at radius 3 is 2.40 bits per heavy atom. The predicted octanol–water partition coefficient (Wildman–Crippen LogP) is 3.98. The standard InChI is InChI=1S/C10H10ClF3O/c1-6-3-4-8(5-9(6)11)15-7(2)10(12,13)14/h3-5,7H,1-2H3/t7-/m0/s1. The van der Waals surface area contributed by atoms with Crippen molar-refractivity contribution in [2.24, 2.45) is 0 Å². The molecule has 1 aromatic carbocycles. The Kier molecular flexibility index (Phi) is 3.50. The zero-order valence-electron chi connectivity index (χ0n) is 8.23. The highest BCUT2D eigenvalue weighted by Crippen LogP contribution is 2.27. The molecule has 1 nitrogen and oxygen atoms in total. The molecule has 0 spiro atoms. The van der Waals surface area contributed by atoms with Gasteiger partial charge in [0.05, 0.1) is 0 Å². The van der Waals surface area contributed by atoms with E-state index in [1.54, 1.807) is 13.0 Å². The van der Waals surface area contributed by atoms with Gasteiger partial charge in [-0.05, 0) is 31.5 Å². The van der Waals surface area contributed by atoms with Crippen LogP contribution in [-0.2, 0) is 0 Å². The topological polar surface area (TPSA) is 9.23 Å². The third-order valence-electron chi connectivity index (χ3n) is 1.92. The average molecular weight is 239 g/mol. The van der Waals surface area contributed by atoms with Gasteiger partial charge in [0.2, 0.25) is 0 Å². The minimum Gasteiger partial charge on any atom is -0.481 e. The van der Waals surface area contributed by atoms with Crippen LogP contribution >= 0.6 is 11.6 Å². The zero-order chi connectivity index (χ0) is 11.6. The summed E-state index contributed by atoms with van der Waals surface area (Å²) in [5.74, 6) is 0.121. The van der Waals surface area contributed by atoms with E-state index < -0.39 is 12.3 Å². The van der Waals surface area contributed by atoms with E-state index in [1.165, 1.54) is 12.1 Å². The summed E-state index contributed by atoms with van der Waals surface area (Å²) in [6.45, 7) is 2.72. The number of hydrogen-bond acceptors (Lipinski definition) is 1. The van der Waals surface area contributed by atoms with Gasteiger partial charge in [-0.1, -0.05) is 17.7 Å². The summed E-state index contributed by atoms with van der Waals surface area (Å²) < 4.78 is 41.2. The molecule has 0 amide bonds. The lowest BCUT2D eigenvalue weighted by atomic mass is 10.2. The van der Waals surface area contributed by atoms with Crippen molar-refractivity contribution in [1.29, 1.82) is 0 Å². The second-order valence-electron chi connectivity index (χ2n) is 3.21. The van der Waals surface area contributed by atoms with E-state index >= 15 is 0 Å². The molecule has 0 N–H and O–H groups in total. The lowest BCUT2D eigenvalue weighted by Crippen LogP contribution is -2.31. The minimum absolute atomic E-state index is 0.121. The van der Waals surface area contributed by atoms with E-state index in [0.29, 0.717) is 5.02 Å². The number of alkyl halides is 3. The van der Waals surface area contributed by atoms with Crippen molar-refractivity contribution in [3.05, 3.63) is 28.8 Å². The maximum atomic E-state index is 12.2. The van der Waals surface area contributed by atoms with Crippen molar-refractivity contribution in [1.82, 2.24) is 0 Å². The van der Waals surface area contributed by atoms with Crippen LogP contribution in [0.1, 0.15) is 12.5 Å². The van der Waals surface area contributed by atoms with Crippen LogP contribution in [0.5, 0.6) is 5.75 Å². The van der Waals surface area contributed by atoms with Crippen molar-refractivity contribution >= 4 is 11.6 Å². The molecular weight excluding hydrogens is 229 g/mol. The summed E-state index contributed by atoms with van der Waals surface area (Å²) >= 11 is 5.75. The van der Waals surface area contributed by atoms with Gasteiger partial charge >= 0.3 is 6.18 Å². The van der Waals surface area contributed by atoms with Crippen molar-refractivity contribution in [3.8, 4) is 5.75 Å². The lowest BCUT2D eigenvalue weighted by molar-refractivity contribution is -0.189.